The van der Waals surface area contributed by atoms with E-state index in [4.69, 9.17) is 9.47 Å². The van der Waals surface area contributed by atoms with Gasteiger partial charge in [0.05, 0.1) is 13.2 Å². The number of rotatable bonds is 10. The van der Waals surface area contributed by atoms with E-state index in [2.05, 4.69) is 13.2 Å². The summed E-state index contributed by atoms with van der Waals surface area (Å²) in [4.78, 5) is 11.0. The van der Waals surface area contributed by atoms with Crippen LogP contribution >= 0.6 is 0 Å². The standard InChI is InChI=1S/C13H22O3/c1-3-5-7-9-11-15-13(14)16-12-10-8-6-4-2/h3-4H,1-2,5-12H2. The minimum absolute atomic E-state index is 0.430. The molecule has 0 aliphatic carbocycles. The van der Waals surface area contributed by atoms with E-state index in [0.717, 1.165) is 38.5 Å². The topological polar surface area (TPSA) is 35.5 Å². The molecule has 92 valence electrons. The van der Waals surface area contributed by atoms with Gasteiger partial charge in [0.2, 0.25) is 0 Å². The highest BCUT2D eigenvalue weighted by Gasteiger charge is 2.02. The van der Waals surface area contributed by atoms with Crippen molar-refractivity contribution in [2.75, 3.05) is 13.2 Å². The zero-order valence-electron chi connectivity index (χ0n) is 9.95. The van der Waals surface area contributed by atoms with Gasteiger partial charge in [-0.25, -0.2) is 4.79 Å². The molecule has 3 nitrogen and oxygen atoms in total. The van der Waals surface area contributed by atoms with E-state index in [-0.39, 0.29) is 0 Å². The summed E-state index contributed by atoms with van der Waals surface area (Å²) in [6.45, 7) is 8.10. The molecular formula is C13H22O3. The Morgan fingerprint density at radius 2 is 1.31 bits per heavy atom. The maximum atomic E-state index is 11.0. The summed E-state index contributed by atoms with van der Waals surface area (Å²) in [5, 5.41) is 0. The van der Waals surface area contributed by atoms with E-state index in [1.54, 1.807) is 0 Å². The second kappa shape index (κ2) is 11.8. The van der Waals surface area contributed by atoms with Gasteiger partial charge in [0.1, 0.15) is 0 Å². The lowest BCUT2D eigenvalue weighted by Crippen LogP contribution is -2.09. The third-order valence-electron chi connectivity index (χ3n) is 2.04. The first kappa shape index (κ1) is 14.8. The predicted molar refractivity (Wildman–Crippen MR) is 65.4 cm³/mol. The molecule has 0 aliphatic rings. The molecule has 0 aromatic heterocycles. The van der Waals surface area contributed by atoms with Crippen LogP contribution in [0.15, 0.2) is 25.3 Å². The minimum Gasteiger partial charge on any atom is -0.434 e. The molecule has 0 rings (SSSR count). The highest BCUT2D eigenvalue weighted by atomic mass is 16.7. The smallest absolute Gasteiger partial charge is 0.434 e. The molecule has 0 fully saturated rings. The molecule has 0 N–H and O–H groups in total. The number of carbonyl (C=O) groups is 1. The molecule has 0 unspecified atom stereocenters. The average Bonchev–Trinajstić information content (AvgIpc) is 2.28. The van der Waals surface area contributed by atoms with Gasteiger partial charge in [-0.3, -0.25) is 0 Å². The molecule has 0 spiro atoms. The summed E-state index contributed by atoms with van der Waals surface area (Å²) in [5.74, 6) is 0. The van der Waals surface area contributed by atoms with Crippen LogP contribution in [0.2, 0.25) is 0 Å². The molecule has 0 atom stereocenters. The fourth-order valence-electron chi connectivity index (χ4n) is 1.13. The van der Waals surface area contributed by atoms with Crippen LogP contribution in [0.3, 0.4) is 0 Å². The summed E-state index contributed by atoms with van der Waals surface area (Å²) in [6.07, 6.45) is 8.79. The summed E-state index contributed by atoms with van der Waals surface area (Å²) < 4.78 is 9.76. The fraction of sp³-hybridized carbons (Fsp3) is 0.615. The molecule has 0 saturated heterocycles. The Hall–Kier alpha value is -1.25. The largest absolute Gasteiger partial charge is 0.508 e. The van der Waals surface area contributed by atoms with Gasteiger partial charge in [0.25, 0.3) is 0 Å². The molecule has 0 saturated carbocycles. The van der Waals surface area contributed by atoms with Crippen LogP contribution in [-0.2, 0) is 9.47 Å². The van der Waals surface area contributed by atoms with Crippen LogP contribution in [0.1, 0.15) is 38.5 Å². The van der Waals surface area contributed by atoms with E-state index in [0.29, 0.717) is 13.2 Å². The normalized spacial score (nSPS) is 9.50. The first-order chi connectivity index (χ1) is 7.81. The lowest BCUT2D eigenvalue weighted by atomic mass is 10.2. The van der Waals surface area contributed by atoms with Crippen LogP contribution in [0.25, 0.3) is 0 Å². The predicted octanol–water partition coefficient (Wildman–Crippen LogP) is 3.85. The molecule has 3 heteroatoms. The van der Waals surface area contributed by atoms with E-state index < -0.39 is 6.16 Å². The quantitative estimate of drug-likeness (QED) is 0.322. The Kier molecular flexibility index (Phi) is 10.9. The van der Waals surface area contributed by atoms with Crippen LogP contribution in [0.4, 0.5) is 4.79 Å². The Labute approximate surface area is 98.1 Å². The monoisotopic (exact) mass is 226 g/mol. The maximum absolute atomic E-state index is 11.0. The Bertz CT molecular complexity index is 179. The first-order valence-electron chi connectivity index (χ1n) is 5.82. The summed E-state index contributed by atoms with van der Waals surface area (Å²) in [7, 11) is 0. The first-order valence-corrected chi connectivity index (χ1v) is 5.82. The number of hydrogen-bond donors (Lipinski definition) is 0. The molecule has 0 amide bonds. The second-order valence-corrected chi connectivity index (χ2v) is 3.52. The van der Waals surface area contributed by atoms with Gasteiger partial charge < -0.3 is 9.47 Å². The van der Waals surface area contributed by atoms with Crippen molar-refractivity contribution in [1.82, 2.24) is 0 Å². The molecule has 0 radical (unpaired) electrons. The van der Waals surface area contributed by atoms with Gasteiger partial charge in [-0.05, 0) is 38.5 Å². The van der Waals surface area contributed by atoms with Crippen LogP contribution in [0, 0.1) is 0 Å². The highest BCUT2D eigenvalue weighted by Crippen LogP contribution is 1.99. The zero-order valence-corrected chi connectivity index (χ0v) is 9.95. The SMILES string of the molecule is C=CCCCCOC(=O)OCCCCC=C. The maximum Gasteiger partial charge on any atom is 0.508 e. The average molecular weight is 226 g/mol. The molecule has 0 bridgehead atoms. The Morgan fingerprint density at radius 1 is 0.875 bits per heavy atom. The minimum atomic E-state index is -0.558. The van der Waals surface area contributed by atoms with Gasteiger partial charge in [-0.2, -0.15) is 0 Å². The highest BCUT2D eigenvalue weighted by molar-refractivity contribution is 5.59. The summed E-state index contributed by atoms with van der Waals surface area (Å²) >= 11 is 0. The van der Waals surface area contributed by atoms with Gasteiger partial charge in [0.15, 0.2) is 0 Å². The van der Waals surface area contributed by atoms with Gasteiger partial charge in [-0.15, -0.1) is 13.2 Å². The van der Waals surface area contributed by atoms with E-state index in [9.17, 15) is 4.79 Å². The lowest BCUT2D eigenvalue weighted by Gasteiger charge is -2.05. The molecule has 0 aliphatic heterocycles. The fourth-order valence-corrected chi connectivity index (χ4v) is 1.13. The lowest BCUT2D eigenvalue weighted by molar-refractivity contribution is 0.0532. The Morgan fingerprint density at radius 3 is 1.69 bits per heavy atom. The van der Waals surface area contributed by atoms with Crippen LogP contribution < -0.4 is 0 Å². The molecule has 0 aromatic rings. The van der Waals surface area contributed by atoms with Crippen LogP contribution in [-0.4, -0.2) is 19.4 Å². The van der Waals surface area contributed by atoms with Crippen molar-refractivity contribution in [3.8, 4) is 0 Å². The van der Waals surface area contributed by atoms with Gasteiger partial charge in [0, 0.05) is 0 Å². The van der Waals surface area contributed by atoms with Gasteiger partial charge >= 0.3 is 6.16 Å². The van der Waals surface area contributed by atoms with Crippen molar-refractivity contribution in [2.45, 2.75) is 38.5 Å². The zero-order chi connectivity index (χ0) is 12.1. The number of hydrogen-bond acceptors (Lipinski definition) is 3. The molecule has 16 heavy (non-hydrogen) atoms. The molecular weight excluding hydrogens is 204 g/mol. The van der Waals surface area contributed by atoms with Crippen molar-refractivity contribution < 1.29 is 14.3 Å². The van der Waals surface area contributed by atoms with Crippen LogP contribution in [0.5, 0.6) is 0 Å². The van der Waals surface area contributed by atoms with Crippen molar-refractivity contribution in [2.24, 2.45) is 0 Å². The Balaban J connectivity index is 3.18. The summed E-state index contributed by atoms with van der Waals surface area (Å²) in [5.41, 5.74) is 0. The number of allylic oxidation sites excluding steroid dienone is 2. The molecule has 0 heterocycles. The second-order valence-electron chi connectivity index (χ2n) is 3.52. The van der Waals surface area contributed by atoms with Gasteiger partial charge in [-0.1, -0.05) is 12.2 Å². The molecule has 0 aromatic carbocycles. The number of unbranched alkanes of at least 4 members (excludes halogenated alkanes) is 4. The van der Waals surface area contributed by atoms with E-state index in [1.165, 1.54) is 0 Å². The van der Waals surface area contributed by atoms with Crippen molar-refractivity contribution in [3.63, 3.8) is 0 Å². The van der Waals surface area contributed by atoms with Crippen molar-refractivity contribution in [3.05, 3.63) is 25.3 Å². The summed E-state index contributed by atoms with van der Waals surface area (Å²) in [6, 6.07) is 0. The van der Waals surface area contributed by atoms with Crippen molar-refractivity contribution >= 4 is 6.16 Å². The third-order valence-corrected chi connectivity index (χ3v) is 2.04. The van der Waals surface area contributed by atoms with Crippen molar-refractivity contribution in [1.29, 1.82) is 0 Å². The third kappa shape index (κ3) is 10.8. The van der Waals surface area contributed by atoms with E-state index >= 15 is 0 Å². The number of ether oxygens (including phenoxy) is 2. The number of carbonyl (C=O) groups excluding carboxylic acids is 1. The van der Waals surface area contributed by atoms with E-state index in [1.807, 2.05) is 12.2 Å².